The molecule has 1 heterocycles. The molecular formula is C12H23N3O2. The molecule has 0 N–H and O–H groups in total. The third-order valence-corrected chi connectivity index (χ3v) is 3.32. The standard InChI is InChI=1S/C12H23N3O2/c1-10(12(17)13(3)4)14-6-5-7-15(9-8-14)11(2)16/h10H,5-9H2,1-4H3. The van der Waals surface area contributed by atoms with E-state index < -0.39 is 0 Å². The zero-order valence-corrected chi connectivity index (χ0v) is 11.3. The SMILES string of the molecule is CC(=O)N1CCCN(C(C)C(=O)N(C)C)CC1. The third kappa shape index (κ3) is 3.70. The molecule has 17 heavy (non-hydrogen) atoms. The lowest BCUT2D eigenvalue weighted by atomic mass is 10.2. The summed E-state index contributed by atoms with van der Waals surface area (Å²) in [5.41, 5.74) is 0. The van der Waals surface area contributed by atoms with Gasteiger partial charge in [0, 0.05) is 47.2 Å². The third-order valence-electron chi connectivity index (χ3n) is 3.32. The lowest BCUT2D eigenvalue weighted by Crippen LogP contribution is -2.46. The summed E-state index contributed by atoms with van der Waals surface area (Å²) in [6, 6.07) is -0.100. The van der Waals surface area contributed by atoms with E-state index in [2.05, 4.69) is 4.90 Å². The Bertz CT molecular complexity index is 291. The number of likely N-dealkylation sites (N-methyl/N-ethyl adjacent to an activating group) is 1. The monoisotopic (exact) mass is 241 g/mol. The van der Waals surface area contributed by atoms with Crippen molar-refractivity contribution in [1.29, 1.82) is 0 Å². The molecule has 0 radical (unpaired) electrons. The van der Waals surface area contributed by atoms with Crippen molar-refractivity contribution >= 4 is 11.8 Å². The van der Waals surface area contributed by atoms with Crippen molar-refractivity contribution in [3.8, 4) is 0 Å². The van der Waals surface area contributed by atoms with Gasteiger partial charge in [0.2, 0.25) is 11.8 Å². The molecule has 0 bridgehead atoms. The molecule has 0 aromatic heterocycles. The molecule has 0 spiro atoms. The highest BCUT2D eigenvalue weighted by molar-refractivity contribution is 5.81. The maximum Gasteiger partial charge on any atom is 0.239 e. The fourth-order valence-corrected chi connectivity index (χ4v) is 2.17. The second-order valence-electron chi connectivity index (χ2n) is 4.80. The van der Waals surface area contributed by atoms with Gasteiger partial charge in [0.1, 0.15) is 0 Å². The Kier molecular flexibility index (Phi) is 4.93. The Morgan fingerprint density at radius 3 is 2.29 bits per heavy atom. The van der Waals surface area contributed by atoms with Gasteiger partial charge in [-0.3, -0.25) is 14.5 Å². The number of rotatable bonds is 2. The fourth-order valence-electron chi connectivity index (χ4n) is 2.17. The lowest BCUT2D eigenvalue weighted by Gasteiger charge is -2.28. The van der Waals surface area contributed by atoms with Crippen LogP contribution >= 0.6 is 0 Å². The summed E-state index contributed by atoms with van der Waals surface area (Å²) >= 11 is 0. The Hall–Kier alpha value is -1.10. The molecule has 1 rings (SSSR count). The number of hydrogen-bond acceptors (Lipinski definition) is 3. The number of carbonyl (C=O) groups excluding carboxylic acids is 2. The second-order valence-corrected chi connectivity index (χ2v) is 4.80. The fraction of sp³-hybridized carbons (Fsp3) is 0.833. The summed E-state index contributed by atoms with van der Waals surface area (Å²) in [5.74, 6) is 0.250. The normalized spacial score (nSPS) is 19.6. The Labute approximate surface area is 103 Å². The minimum absolute atomic E-state index is 0.100. The molecule has 1 aliphatic heterocycles. The highest BCUT2D eigenvalue weighted by Crippen LogP contribution is 2.08. The maximum atomic E-state index is 11.9. The summed E-state index contributed by atoms with van der Waals surface area (Å²) in [7, 11) is 3.55. The van der Waals surface area contributed by atoms with Crippen molar-refractivity contribution < 1.29 is 9.59 Å². The van der Waals surface area contributed by atoms with Crippen LogP contribution in [0.15, 0.2) is 0 Å². The Morgan fingerprint density at radius 2 is 1.76 bits per heavy atom. The topological polar surface area (TPSA) is 43.9 Å². The van der Waals surface area contributed by atoms with Gasteiger partial charge in [0.05, 0.1) is 6.04 Å². The van der Waals surface area contributed by atoms with E-state index in [0.717, 1.165) is 32.6 Å². The quantitative estimate of drug-likeness (QED) is 0.684. The van der Waals surface area contributed by atoms with Crippen molar-refractivity contribution in [2.45, 2.75) is 26.3 Å². The molecule has 0 saturated carbocycles. The van der Waals surface area contributed by atoms with Gasteiger partial charge in [-0.25, -0.2) is 0 Å². The van der Waals surface area contributed by atoms with E-state index in [-0.39, 0.29) is 17.9 Å². The van der Waals surface area contributed by atoms with Crippen LogP contribution in [0.3, 0.4) is 0 Å². The second kappa shape index (κ2) is 6.00. The van der Waals surface area contributed by atoms with Gasteiger partial charge < -0.3 is 9.80 Å². The largest absolute Gasteiger partial charge is 0.347 e. The molecule has 2 amide bonds. The highest BCUT2D eigenvalue weighted by atomic mass is 16.2. The van der Waals surface area contributed by atoms with Crippen LogP contribution in [0.2, 0.25) is 0 Å². The number of carbonyl (C=O) groups is 2. The zero-order chi connectivity index (χ0) is 13.0. The van der Waals surface area contributed by atoms with E-state index >= 15 is 0 Å². The molecule has 0 aromatic rings. The summed E-state index contributed by atoms with van der Waals surface area (Å²) < 4.78 is 0. The molecule has 5 heteroatoms. The summed E-state index contributed by atoms with van der Waals surface area (Å²) in [6.07, 6.45) is 0.935. The van der Waals surface area contributed by atoms with Crippen molar-refractivity contribution in [3.05, 3.63) is 0 Å². The van der Waals surface area contributed by atoms with Gasteiger partial charge in [-0.1, -0.05) is 0 Å². The van der Waals surface area contributed by atoms with Crippen LogP contribution in [0.1, 0.15) is 20.3 Å². The molecule has 5 nitrogen and oxygen atoms in total. The van der Waals surface area contributed by atoms with E-state index in [9.17, 15) is 9.59 Å². The van der Waals surface area contributed by atoms with E-state index in [4.69, 9.17) is 0 Å². The summed E-state index contributed by atoms with van der Waals surface area (Å²) in [6.45, 7) is 6.72. The number of nitrogens with zero attached hydrogens (tertiary/aromatic N) is 3. The summed E-state index contributed by atoms with van der Waals surface area (Å²) in [5, 5.41) is 0. The first-order chi connectivity index (χ1) is 7.93. The average Bonchev–Trinajstić information content (AvgIpc) is 2.52. The van der Waals surface area contributed by atoms with Gasteiger partial charge in [0.15, 0.2) is 0 Å². The first-order valence-corrected chi connectivity index (χ1v) is 6.14. The van der Waals surface area contributed by atoms with Crippen LogP contribution in [0.25, 0.3) is 0 Å². The van der Waals surface area contributed by atoms with Crippen LogP contribution in [-0.2, 0) is 9.59 Å². The molecule has 0 aromatic carbocycles. The minimum atomic E-state index is -0.100. The molecule has 1 aliphatic rings. The smallest absolute Gasteiger partial charge is 0.239 e. The van der Waals surface area contributed by atoms with Crippen LogP contribution in [0.4, 0.5) is 0 Å². The first kappa shape index (κ1) is 14.0. The zero-order valence-electron chi connectivity index (χ0n) is 11.3. The minimum Gasteiger partial charge on any atom is -0.347 e. The average molecular weight is 241 g/mol. The molecule has 1 fully saturated rings. The van der Waals surface area contributed by atoms with E-state index in [1.165, 1.54) is 0 Å². The molecule has 0 aliphatic carbocycles. The predicted octanol–water partition coefficient (Wildman–Crippen LogP) is 0.0173. The van der Waals surface area contributed by atoms with Gasteiger partial charge in [-0.05, 0) is 13.3 Å². The van der Waals surface area contributed by atoms with Crippen LogP contribution in [0.5, 0.6) is 0 Å². The molecule has 98 valence electrons. The summed E-state index contributed by atoms with van der Waals surface area (Å²) in [4.78, 5) is 28.8. The van der Waals surface area contributed by atoms with E-state index in [1.54, 1.807) is 25.9 Å². The van der Waals surface area contributed by atoms with Crippen molar-refractivity contribution in [1.82, 2.24) is 14.7 Å². The lowest BCUT2D eigenvalue weighted by molar-refractivity contribution is -0.133. The molecule has 1 unspecified atom stereocenters. The van der Waals surface area contributed by atoms with Gasteiger partial charge in [0.25, 0.3) is 0 Å². The number of hydrogen-bond donors (Lipinski definition) is 0. The number of amides is 2. The van der Waals surface area contributed by atoms with Crippen LogP contribution < -0.4 is 0 Å². The Balaban J connectivity index is 2.56. The molecule has 1 saturated heterocycles. The van der Waals surface area contributed by atoms with E-state index in [0.29, 0.717) is 0 Å². The van der Waals surface area contributed by atoms with E-state index in [1.807, 2.05) is 11.8 Å². The highest BCUT2D eigenvalue weighted by Gasteiger charge is 2.25. The van der Waals surface area contributed by atoms with Gasteiger partial charge >= 0.3 is 0 Å². The van der Waals surface area contributed by atoms with Gasteiger partial charge in [-0.2, -0.15) is 0 Å². The molecular weight excluding hydrogens is 218 g/mol. The molecule has 1 atom stereocenters. The van der Waals surface area contributed by atoms with Crippen molar-refractivity contribution in [3.63, 3.8) is 0 Å². The Morgan fingerprint density at radius 1 is 1.12 bits per heavy atom. The van der Waals surface area contributed by atoms with Gasteiger partial charge in [-0.15, -0.1) is 0 Å². The maximum absolute atomic E-state index is 11.9. The van der Waals surface area contributed by atoms with Crippen molar-refractivity contribution in [2.24, 2.45) is 0 Å². The first-order valence-electron chi connectivity index (χ1n) is 6.14. The van der Waals surface area contributed by atoms with Crippen molar-refractivity contribution in [2.75, 3.05) is 40.3 Å². The predicted molar refractivity (Wildman–Crippen MR) is 66.6 cm³/mol. The van der Waals surface area contributed by atoms with Crippen LogP contribution in [-0.4, -0.2) is 72.8 Å². The van der Waals surface area contributed by atoms with Crippen LogP contribution in [0, 0.1) is 0 Å².